The molecule has 2 heteroatoms. The third-order valence-electron chi connectivity index (χ3n) is 5.19. The van der Waals surface area contributed by atoms with Crippen molar-refractivity contribution in [1.82, 2.24) is 0 Å². The lowest BCUT2D eigenvalue weighted by Gasteiger charge is -2.41. The Balaban J connectivity index is 2.06. The zero-order valence-electron chi connectivity index (χ0n) is 12.8. The van der Waals surface area contributed by atoms with Crippen LogP contribution < -0.4 is 0 Å². The minimum Gasteiger partial charge on any atom is -0.388 e. The predicted molar refractivity (Wildman–Crippen MR) is 92.3 cm³/mol. The number of halogens is 1. The first-order valence-corrected chi connectivity index (χ1v) is 8.65. The fourth-order valence-electron chi connectivity index (χ4n) is 3.87. The minimum absolute atomic E-state index is 0.214. The zero-order chi connectivity index (χ0) is 15.0. The quantitative estimate of drug-likeness (QED) is 0.722. The Labute approximate surface area is 135 Å². The third-order valence-corrected chi connectivity index (χ3v) is 5.89. The van der Waals surface area contributed by atoms with Crippen LogP contribution in [0.2, 0.25) is 0 Å². The van der Waals surface area contributed by atoms with E-state index in [-0.39, 0.29) is 11.5 Å². The summed E-state index contributed by atoms with van der Waals surface area (Å²) in [5, 5.41) is 13.4. The largest absolute Gasteiger partial charge is 0.388 e. The standard InChI is InChI=1S/C19H23BrO/c1-19(2)12-6-5-9-16(19)18(21)15-10-11-17(20)14-8-4-3-7-13(14)15/h3-4,7-8,10-11,16,18,21H,5-6,9,12H2,1-2H3. The summed E-state index contributed by atoms with van der Waals surface area (Å²) in [5.74, 6) is 0.343. The maximum absolute atomic E-state index is 11.1. The molecule has 1 aliphatic carbocycles. The van der Waals surface area contributed by atoms with Crippen molar-refractivity contribution in [2.24, 2.45) is 11.3 Å². The van der Waals surface area contributed by atoms with Crippen molar-refractivity contribution in [1.29, 1.82) is 0 Å². The molecule has 0 heterocycles. The molecule has 0 aromatic heterocycles. The van der Waals surface area contributed by atoms with Crippen molar-refractivity contribution in [2.45, 2.75) is 45.6 Å². The molecule has 0 radical (unpaired) electrons. The molecule has 2 atom stereocenters. The number of aliphatic hydroxyl groups is 1. The van der Waals surface area contributed by atoms with Crippen LogP contribution in [0.3, 0.4) is 0 Å². The Bertz CT molecular complexity index is 647. The molecular weight excluding hydrogens is 324 g/mol. The number of rotatable bonds is 2. The summed E-state index contributed by atoms with van der Waals surface area (Å²) in [6.45, 7) is 4.61. The van der Waals surface area contributed by atoms with Gasteiger partial charge in [-0.25, -0.2) is 0 Å². The van der Waals surface area contributed by atoms with Crippen molar-refractivity contribution >= 4 is 26.7 Å². The van der Waals surface area contributed by atoms with Crippen LogP contribution in [0.25, 0.3) is 10.8 Å². The summed E-state index contributed by atoms with van der Waals surface area (Å²) in [5.41, 5.74) is 1.29. The van der Waals surface area contributed by atoms with Crippen LogP contribution >= 0.6 is 15.9 Å². The van der Waals surface area contributed by atoms with Gasteiger partial charge < -0.3 is 5.11 Å². The lowest BCUT2D eigenvalue weighted by atomic mass is 9.65. The summed E-state index contributed by atoms with van der Waals surface area (Å²) < 4.78 is 1.09. The van der Waals surface area contributed by atoms with Crippen molar-refractivity contribution in [3.8, 4) is 0 Å². The van der Waals surface area contributed by atoms with Crippen LogP contribution in [0, 0.1) is 11.3 Å². The summed E-state index contributed by atoms with van der Waals surface area (Å²) >= 11 is 3.62. The van der Waals surface area contributed by atoms with Gasteiger partial charge in [-0.15, -0.1) is 0 Å². The molecule has 2 unspecified atom stereocenters. The molecule has 0 saturated heterocycles. The first kappa shape index (κ1) is 15.1. The summed E-state index contributed by atoms with van der Waals surface area (Å²) in [7, 11) is 0. The van der Waals surface area contributed by atoms with E-state index in [1.54, 1.807) is 0 Å². The second-order valence-corrected chi connectivity index (χ2v) is 7.82. The molecule has 1 aliphatic rings. The van der Waals surface area contributed by atoms with Crippen molar-refractivity contribution < 1.29 is 5.11 Å². The van der Waals surface area contributed by atoms with E-state index in [1.807, 2.05) is 6.07 Å². The lowest BCUT2D eigenvalue weighted by Crippen LogP contribution is -2.32. The molecule has 2 aromatic rings. The fourth-order valence-corrected chi connectivity index (χ4v) is 4.34. The Morgan fingerprint density at radius 1 is 1.10 bits per heavy atom. The van der Waals surface area contributed by atoms with Gasteiger partial charge in [0.2, 0.25) is 0 Å². The van der Waals surface area contributed by atoms with E-state index in [1.165, 1.54) is 30.0 Å². The fraction of sp³-hybridized carbons (Fsp3) is 0.474. The van der Waals surface area contributed by atoms with E-state index in [9.17, 15) is 5.11 Å². The second kappa shape index (κ2) is 5.73. The molecular formula is C19H23BrO. The van der Waals surface area contributed by atoms with Crippen LogP contribution in [-0.4, -0.2) is 5.11 Å². The lowest BCUT2D eigenvalue weighted by molar-refractivity contribution is 0.00467. The number of hydrogen-bond donors (Lipinski definition) is 1. The maximum atomic E-state index is 11.1. The average molecular weight is 347 g/mol. The van der Waals surface area contributed by atoms with Crippen LogP contribution in [0.5, 0.6) is 0 Å². The number of fused-ring (bicyclic) bond motifs is 1. The topological polar surface area (TPSA) is 20.2 Å². The molecule has 0 amide bonds. The highest BCUT2D eigenvalue weighted by Crippen LogP contribution is 2.48. The van der Waals surface area contributed by atoms with Crippen LogP contribution in [0.15, 0.2) is 40.9 Å². The molecule has 2 aromatic carbocycles. The van der Waals surface area contributed by atoms with E-state index in [0.717, 1.165) is 16.5 Å². The SMILES string of the molecule is CC1(C)CCCCC1C(O)c1ccc(Br)c2ccccc12. The summed E-state index contributed by atoms with van der Waals surface area (Å²) in [6, 6.07) is 12.5. The molecule has 0 spiro atoms. The monoisotopic (exact) mass is 346 g/mol. The Hall–Kier alpha value is -0.860. The van der Waals surface area contributed by atoms with Crippen LogP contribution in [0.1, 0.15) is 51.2 Å². The van der Waals surface area contributed by atoms with Gasteiger partial charge in [0.25, 0.3) is 0 Å². The molecule has 21 heavy (non-hydrogen) atoms. The summed E-state index contributed by atoms with van der Waals surface area (Å²) in [6.07, 6.45) is 4.48. The van der Waals surface area contributed by atoms with Gasteiger partial charge in [0, 0.05) is 4.47 Å². The van der Waals surface area contributed by atoms with Crippen molar-refractivity contribution in [2.75, 3.05) is 0 Å². The Kier molecular flexibility index (Phi) is 4.11. The first-order chi connectivity index (χ1) is 10.0. The van der Waals surface area contributed by atoms with Gasteiger partial charge >= 0.3 is 0 Å². The Morgan fingerprint density at radius 3 is 2.52 bits per heavy atom. The van der Waals surface area contributed by atoms with Gasteiger partial charge in [-0.3, -0.25) is 0 Å². The van der Waals surface area contributed by atoms with E-state index in [4.69, 9.17) is 0 Å². The molecule has 3 rings (SSSR count). The van der Waals surface area contributed by atoms with E-state index < -0.39 is 0 Å². The highest BCUT2D eigenvalue weighted by atomic mass is 79.9. The number of hydrogen-bond acceptors (Lipinski definition) is 1. The predicted octanol–water partition coefficient (Wildman–Crippen LogP) is 5.85. The van der Waals surface area contributed by atoms with Crippen molar-refractivity contribution in [3.05, 3.63) is 46.4 Å². The third kappa shape index (κ3) is 2.76. The van der Waals surface area contributed by atoms with Crippen molar-refractivity contribution in [3.63, 3.8) is 0 Å². The smallest absolute Gasteiger partial charge is 0.0829 e. The molecule has 1 saturated carbocycles. The highest BCUT2D eigenvalue weighted by Gasteiger charge is 2.37. The number of benzene rings is 2. The number of aliphatic hydroxyl groups excluding tert-OH is 1. The first-order valence-electron chi connectivity index (χ1n) is 7.86. The van der Waals surface area contributed by atoms with Gasteiger partial charge in [-0.05, 0) is 46.6 Å². The molecule has 0 bridgehead atoms. The molecule has 1 N–H and O–H groups in total. The maximum Gasteiger partial charge on any atom is 0.0829 e. The van der Waals surface area contributed by atoms with Crippen LogP contribution in [-0.2, 0) is 0 Å². The van der Waals surface area contributed by atoms with Gasteiger partial charge in [0.05, 0.1) is 6.10 Å². The second-order valence-electron chi connectivity index (χ2n) is 6.97. The normalized spacial score (nSPS) is 23.1. The summed E-state index contributed by atoms with van der Waals surface area (Å²) in [4.78, 5) is 0. The van der Waals surface area contributed by atoms with E-state index in [0.29, 0.717) is 5.92 Å². The van der Waals surface area contributed by atoms with Gasteiger partial charge in [-0.2, -0.15) is 0 Å². The van der Waals surface area contributed by atoms with Gasteiger partial charge in [-0.1, -0.05) is 73.0 Å². The highest BCUT2D eigenvalue weighted by molar-refractivity contribution is 9.10. The van der Waals surface area contributed by atoms with Gasteiger partial charge in [0.1, 0.15) is 0 Å². The Morgan fingerprint density at radius 2 is 1.81 bits per heavy atom. The van der Waals surface area contributed by atoms with Crippen LogP contribution in [0.4, 0.5) is 0 Å². The average Bonchev–Trinajstić information content (AvgIpc) is 2.47. The molecule has 0 aliphatic heterocycles. The zero-order valence-corrected chi connectivity index (χ0v) is 14.4. The molecule has 112 valence electrons. The van der Waals surface area contributed by atoms with Gasteiger partial charge in [0.15, 0.2) is 0 Å². The van der Waals surface area contributed by atoms with E-state index in [2.05, 4.69) is 60.1 Å². The molecule has 1 fully saturated rings. The van der Waals surface area contributed by atoms with E-state index >= 15 is 0 Å². The minimum atomic E-state index is -0.377. The molecule has 1 nitrogen and oxygen atoms in total.